The van der Waals surface area contributed by atoms with Gasteiger partial charge in [-0.1, -0.05) is 18.2 Å². The van der Waals surface area contributed by atoms with Crippen molar-refractivity contribution in [2.75, 3.05) is 0 Å². The van der Waals surface area contributed by atoms with Gasteiger partial charge in [0.1, 0.15) is 0 Å². The first-order valence-electron chi connectivity index (χ1n) is 5.70. The predicted molar refractivity (Wildman–Crippen MR) is 71.6 cm³/mol. The van der Waals surface area contributed by atoms with Gasteiger partial charge in [0.15, 0.2) is 0 Å². The molecule has 1 aromatic heterocycles. The Bertz CT molecular complexity index is 771. The third-order valence-corrected chi connectivity index (χ3v) is 2.88. The predicted octanol–water partition coefficient (Wildman–Crippen LogP) is 3.21. The number of benzene rings is 2. The zero-order valence-electron chi connectivity index (χ0n) is 9.85. The number of nitro groups is 1. The van der Waals surface area contributed by atoms with Crippen LogP contribution in [0.3, 0.4) is 0 Å². The van der Waals surface area contributed by atoms with E-state index < -0.39 is 0 Å². The Balaban J connectivity index is 2.22. The molecule has 92 valence electrons. The van der Waals surface area contributed by atoms with Crippen LogP contribution in [0.2, 0.25) is 0 Å². The summed E-state index contributed by atoms with van der Waals surface area (Å²) < 4.78 is 0. The van der Waals surface area contributed by atoms with E-state index >= 15 is 0 Å². The number of aromatic nitrogens is 2. The van der Waals surface area contributed by atoms with Crippen molar-refractivity contribution in [3.63, 3.8) is 0 Å². The summed E-state index contributed by atoms with van der Waals surface area (Å²) in [7, 11) is 0. The van der Waals surface area contributed by atoms with E-state index in [-0.39, 0.29) is 10.6 Å². The molecule has 2 aromatic carbocycles. The van der Waals surface area contributed by atoms with Gasteiger partial charge in [0.25, 0.3) is 5.69 Å². The van der Waals surface area contributed by atoms with Crippen molar-refractivity contribution >= 4 is 16.7 Å². The lowest BCUT2D eigenvalue weighted by atomic mass is 10.0. The fourth-order valence-electron chi connectivity index (χ4n) is 2.01. The standard InChI is InChI=1S/C14H9N3O2/c18-17(19)14-4-2-1-3-11(14)10-5-6-12-13(9-10)16-8-7-15-12/h1-9H. The SMILES string of the molecule is O=[N+]([O-])c1ccccc1-c1ccc2nccnc2c1. The van der Waals surface area contributed by atoms with Gasteiger partial charge in [-0.15, -0.1) is 0 Å². The van der Waals surface area contributed by atoms with Gasteiger partial charge in [0.2, 0.25) is 0 Å². The molecule has 0 N–H and O–H groups in total. The van der Waals surface area contributed by atoms with Crippen molar-refractivity contribution in [2.24, 2.45) is 0 Å². The number of rotatable bonds is 2. The Morgan fingerprint density at radius 3 is 2.47 bits per heavy atom. The van der Waals surface area contributed by atoms with Gasteiger partial charge in [-0.2, -0.15) is 0 Å². The number of nitro benzene ring substituents is 1. The van der Waals surface area contributed by atoms with E-state index in [9.17, 15) is 10.1 Å². The summed E-state index contributed by atoms with van der Waals surface area (Å²) in [5.41, 5.74) is 2.93. The molecule has 0 unspecified atom stereocenters. The highest BCUT2D eigenvalue weighted by molar-refractivity contribution is 5.83. The lowest BCUT2D eigenvalue weighted by Gasteiger charge is -2.04. The lowest BCUT2D eigenvalue weighted by molar-refractivity contribution is -0.384. The lowest BCUT2D eigenvalue weighted by Crippen LogP contribution is -1.92. The molecule has 0 spiro atoms. The van der Waals surface area contributed by atoms with E-state index in [2.05, 4.69) is 9.97 Å². The number of fused-ring (bicyclic) bond motifs is 1. The van der Waals surface area contributed by atoms with Crippen LogP contribution in [0.25, 0.3) is 22.2 Å². The Morgan fingerprint density at radius 1 is 0.947 bits per heavy atom. The Kier molecular flexibility index (Phi) is 2.64. The summed E-state index contributed by atoms with van der Waals surface area (Å²) in [5, 5.41) is 11.0. The first-order valence-corrected chi connectivity index (χ1v) is 5.70. The highest BCUT2D eigenvalue weighted by Crippen LogP contribution is 2.30. The van der Waals surface area contributed by atoms with Gasteiger partial charge >= 0.3 is 0 Å². The van der Waals surface area contributed by atoms with Crippen LogP contribution in [0.15, 0.2) is 54.9 Å². The smallest absolute Gasteiger partial charge is 0.258 e. The largest absolute Gasteiger partial charge is 0.277 e. The molecule has 0 fully saturated rings. The Hall–Kier alpha value is -2.82. The molecule has 3 aromatic rings. The Labute approximate surface area is 108 Å². The van der Waals surface area contributed by atoms with Gasteiger partial charge in [0.05, 0.1) is 21.5 Å². The maximum absolute atomic E-state index is 11.0. The van der Waals surface area contributed by atoms with Gasteiger partial charge in [-0.05, 0) is 23.8 Å². The van der Waals surface area contributed by atoms with E-state index in [1.165, 1.54) is 6.07 Å². The van der Waals surface area contributed by atoms with Crippen LogP contribution in [0, 0.1) is 10.1 Å². The van der Waals surface area contributed by atoms with Crippen molar-refractivity contribution in [1.82, 2.24) is 9.97 Å². The van der Waals surface area contributed by atoms with Crippen molar-refractivity contribution in [1.29, 1.82) is 0 Å². The van der Waals surface area contributed by atoms with Crippen molar-refractivity contribution in [3.8, 4) is 11.1 Å². The summed E-state index contributed by atoms with van der Waals surface area (Å²) in [5.74, 6) is 0. The van der Waals surface area contributed by atoms with E-state index in [4.69, 9.17) is 0 Å². The second-order valence-electron chi connectivity index (χ2n) is 4.03. The summed E-state index contributed by atoms with van der Waals surface area (Å²) in [4.78, 5) is 19.0. The zero-order valence-corrected chi connectivity index (χ0v) is 9.85. The molecule has 0 radical (unpaired) electrons. The van der Waals surface area contributed by atoms with Crippen LogP contribution in [-0.2, 0) is 0 Å². The average molecular weight is 251 g/mol. The molecule has 0 aliphatic rings. The zero-order chi connectivity index (χ0) is 13.2. The quantitative estimate of drug-likeness (QED) is 0.518. The monoisotopic (exact) mass is 251 g/mol. The van der Waals surface area contributed by atoms with Gasteiger partial charge in [-0.25, -0.2) is 0 Å². The van der Waals surface area contributed by atoms with Crippen LogP contribution >= 0.6 is 0 Å². The number of para-hydroxylation sites is 1. The molecule has 5 nitrogen and oxygen atoms in total. The summed E-state index contributed by atoms with van der Waals surface area (Å²) in [6, 6.07) is 12.1. The van der Waals surface area contributed by atoms with Gasteiger partial charge in [0, 0.05) is 18.5 Å². The molecule has 0 aliphatic heterocycles. The third-order valence-electron chi connectivity index (χ3n) is 2.88. The molecule has 0 bridgehead atoms. The summed E-state index contributed by atoms with van der Waals surface area (Å²) in [6.07, 6.45) is 3.22. The topological polar surface area (TPSA) is 68.9 Å². The minimum atomic E-state index is -0.379. The molecule has 0 saturated heterocycles. The molecular formula is C14H9N3O2. The molecular weight excluding hydrogens is 242 g/mol. The van der Waals surface area contributed by atoms with Gasteiger partial charge < -0.3 is 0 Å². The average Bonchev–Trinajstić information content (AvgIpc) is 2.46. The third kappa shape index (κ3) is 2.01. The number of hydrogen-bond donors (Lipinski definition) is 0. The van der Waals surface area contributed by atoms with Crippen molar-refractivity contribution < 1.29 is 4.92 Å². The first-order chi connectivity index (χ1) is 9.25. The fourth-order valence-corrected chi connectivity index (χ4v) is 2.01. The van der Waals surface area contributed by atoms with Crippen LogP contribution in [-0.4, -0.2) is 14.9 Å². The minimum absolute atomic E-state index is 0.0886. The highest BCUT2D eigenvalue weighted by Gasteiger charge is 2.14. The molecule has 19 heavy (non-hydrogen) atoms. The minimum Gasteiger partial charge on any atom is -0.258 e. The number of nitrogens with zero attached hydrogens (tertiary/aromatic N) is 3. The molecule has 5 heteroatoms. The van der Waals surface area contributed by atoms with Crippen molar-refractivity contribution in [3.05, 3.63) is 65.0 Å². The van der Waals surface area contributed by atoms with Crippen molar-refractivity contribution in [2.45, 2.75) is 0 Å². The second-order valence-corrected chi connectivity index (χ2v) is 4.03. The van der Waals surface area contributed by atoms with Crippen LogP contribution in [0.5, 0.6) is 0 Å². The molecule has 3 rings (SSSR count). The van der Waals surface area contributed by atoms with Crippen LogP contribution in [0.4, 0.5) is 5.69 Å². The van der Waals surface area contributed by atoms with E-state index in [0.29, 0.717) is 5.56 Å². The highest BCUT2D eigenvalue weighted by atomic mass is 16.6. The van der Waals surface area contributed by atoms with Gasteiger partial charge in [-0.3, -0.25) is 20.1 Å². The normalized spacial score (nSPS) is 10.5. The Morgan fingerprint density at radius 2 is 1.68 bits per heavy atom. The molecule has 0 amide bonds. The van der Waals surface area contributed by atoms with E-state index in [0.717, 1.165) is 16.6 Å². The second kappa shape index (κ2) is 4.45. The maximum Gasteiger partial charge on any atom is 0.277 e. The van der Waals surface area contributed by atoms with E-state index in [1.807, 2.05) is 18.2 Å². The summed E-state index contributed by atoms with van der Waals surface area (Å²) >= 11 is 0. The molecule has 0 aliphatic carbocycles. The molecule has 0 atom stereocenters. The molecule has 1 heterocycles. The summed E-state index contributed by atoms with van der Waals surface area (Å²) in [6.45, 7) is 0. The van der Waals surface area contributed by atoms with Crippen LogP contribution < -0.4 is 0 Å². The fraction of sp³-hybridized carbons (Fsp3) is 0. The maximum atomic E-state index is 11.0. The van der Waals surface area contributed by atoms with E-state index in [1.54, 1.807) is 30.6 Å². The molecule has 0 saturated carbocycles. The first kappa shape index (κ1) is 11.3. The van der Waals surface area contributed by atoms with Crippen LogP contribution in [0.1, 0.15) is 0 Å². The number of hydrogen-bond acceptors (Lipinski definition) is 4.